The second kappa shape index (κ2) is 5.70. The number of thioether (sulfide) groups is 1. The predicted octanol–water partition coefficient (Wildman–Crippen LogP) is 0.198. The van der Waals surface area contributed by atoms with Crippen LogP contribution in [0.4, 0.5) is 0 Å². The lowest BCUT2D eigenvalue weighted by Crippen LogP contribution is -2.12. The fourth-order valence-corrected chi connectivity index (χ4v) is 3.58. The van der Waals surface area contributed by atoms with Gasteiger partial charge in [-0.15, -0.1) is 0 Å². The number of rotatable bonds is 6. The van der Waals surface area contributed by atoms with Crippen LogP contribution in [-0.2, 0) is 16.9 Å². The summed E-state index contributed by atoms with van der Waals surface area (Å²) in [7, 11) is -1.04. The summed E-state index contributed by atoms with van der Waals surface area (Å²) < 4.78 is 23.7. The molecule has 0 aliphatic heterocycles. The number of nitrogens with zero attached hydrogens (tertiary/aromatic N) is 2. The molecule has 2 N–H and O–H groups in total. The highest BCUT2D eigenvalue weighted by molar-refractivity contribution is 8.00. The Labute approximate surface area is 100 Å². The average Bonchev–Trinajstić information content (AvgIpc) is 2.58. The molecule has 0 fully saturated rings. The van der Waals surface area contributed by atoms with E-state index in [9.17, 15) is 8.42 Å². The van der Waals surface area contributed by atoms with Crippen molar-refractivity contribution in [2.45, 2.75) is 5.25 Å². The standard InChI is InChI=1S/C9H17N3O2S2/c1-12-7-8(6-11-12)9(5-10)15-3-4-16(2,13)14/h6-7,9H,3-5,10H2,1-2H3. The van der Waals surface area contributed by atoms with Gasteiger partial charge < -0.3 is 5.73 Å². The minimum Gasteiger partial charge on any atom is -0.329 e. The van der Waals surface area contributed by atoms with E-state index in [0.717, 1.165) is 5.56 Å². The molecule has 7 heteroatoms. The van der Waals surface area contributed by atoms with Gasteiger partial charge in [-0.2, -0.15) is 16.9 Å². The SMILES string of the molecule is Cn1cc(C(CN)SCCS(C)(=O)=O)cn1. The number of aryl methyl sites for hydroxylation is 1. The lowest BCUT2D eigenvalue weighted by atomic mass is 10.2. The van der Waals surface area contributed by atoms with E-state index < -0.39 is 9.84 Å². The first-order chi connectivity index (χ1) is 7.42. The van der Waals surface area contributed by atoms with Crippen LogP contribution in [0.25, 0.3) is 0 Å². The Bertz CT molecular complexity index is 428. The van der Waals surface area contributed by atoms with Crippen LogP contribution in [0.3, 0.4) is 0 Å². The van der Waals surface area contributed by atoms with Gasteiger partial charge in [0.1, 0.15) is 9.84 Å². The Balaban J connectivity index is 2.50. The summed E-state index contributed by atoms with van der Waals surface area (Å²) in [6.45, 7) is 0.486. The summed E-state index contributed by atoms with van der Waals surface area (Å²) in [5, 5.41) is 4.19. The van der Waals surface area contributed by atoms with E-state index in [4.69, 9.17) is 5.73 Å². The van der Waals surface area contributed by atoms with Crippen LogP contribution in [0.2, 0.25) is 0 Å². The largest absolute Gasteiger partial charge is 0.329 e. The molecule has 0 saturated carbocycles. The molecule has 1 aromatic rings. The summed E-state index contributed by atoms with van der Waals surface area (Å²) in [6, 6.07) is 0. The Hall–Kier alpha value is -0.530. The molecular weight excluding hydrogens is 246 g/mol. The zero-order valence-electron chi connectivity index (χ0n) is 9.46. The third kappa shape index (κ3) is 4.54. The first kappa shape index (κ1) is 13.5. The van der Waals surface area contributed by atoms with Gasteiger partial charge in [-0.25, -0.2) is 8.42 Å². The number of sulfone groups is 1. The van der Waals surface area contributed by atoms with Gasteiger partial charge in [0.25, 0.3) is 0 Å². The van der Waals surface area contributed by atoms with E-state index in [0.29, 0.717) is 12.3 Å². The molecule has 0 aliphatic carbocycles. The van der Waals surface area contributed by atoms with E-state index in [-0.39, 0.29) is 11.0 Å². The molecule has 1 unspecified atom stereocenters. The summed E-state index contributed by atoms with van der Waals surface area (Å²) in [4.78, 5) is 0. The normalized spacial score (nSPS) is 13.9. The van der Waals surface area contributed by atoms with Gasteiger partial charge >= 0.3 is 0 Å². The van der Waals surface area contributed by atoms with Gasteiger partial charge in [-0.3, -0.25) is 4.68 Å². The zero-order valence-corrected chi connectivity index (χ0v) is 11.1. The summed E-state index contributed by atoms with van der Waals surface area (Å²) in [5.41, 5.74) is 6.70. The fourth-order valence-electron chi connectivity index (χ4n) is 1.25. The first-order valence-electron chi connectivity index (χ1n) is 4.90. The summed E-state index contributed by atoms with van der Waals surface area (Å²) >= 11 is 1.56. The number of hydrogen-bond donors (Lipinski definition) is 1. The van der Waals surface area contributed by atoms with Crippen LogP contribution >= 0.6 is 11.8 Å². The Morgan fingerprint density at radius 2 is 2.31 bits per heavy atom. The highest BCUT2D eigenvalue weighted by Crippen LogP contribution is 2.27. The van der Waals surface area contributed by atoms with Crippen molar-refractivity contribution in [3.05, 3.63) is 18.0 Å². The molecule has 0 spiro atoms. The van der Waals surface area contributed by atoms with Gasteiger partial charge in [0.2, 0.25) is 0 Å². The molecule has 5 nitrogen and oxygen atoms in total. The van der Waals surface area contributed by atoms with Crippen LogP contribution in [0.5, 0.6) is 0 Å². The quantitative estimate of drug-likeness (QED) is 0.793. The van der Waals surface area contributed by atoms with E-state index in [2.05, 4.69) is 5.10 Å². The molecule has 1 heterocycles. The van der Waals surface area contributed by atoms with Crippen LogP contribution in [0.1, 0.15) is 10.8 Å². The molecule has 0 saturated heterocycles. The van der Waals surface area contributed by atoms with Crippen molar-refractivity contribution >= 4 is 21.6 Å². The van der Waals surface area contributed by atoms with Gasteiger partial charge in [0, 0.05) is 42.6 Å². The summed E-state index contributed by atoms with van der Waals surface area (Å²) in [5.74, 6) is 0.754. The van der Waals surface area contributed by atoms with E-state index in [1.165, 1.54) is 6.26 Å². The second-order valence-corrected chi connectivity index (χ2v) is 7.24. The molecule has 0 radical (unpaired) electrons. The molecule has 1 aromatic heterocycles. The van der Waals surface area contributed by atoms with Gasteiger partial charge in [0.05, 0.1) is 11.9 Å². The highest BCUT2D eigenvalue weighted by atomic mass is 32.2. The third-order valence-electron chi connectivity index (χ3n) is 2.08. The van der Waals surface area contributed by atoms with Crippen molar-refractivity contribution in [1.82, 2.24) is 9.78 Å². The highest BCUT2D eigenvalue weighted by Gasteiger charge is 2.13. The number of hydrogen-bond acceptors (Lipinski definition) is 5. The zero-order chi connectivity index (χ0) is 12.2. The van der Waals surface area contributed by atoms with Crippen molar-refractivity contribution in [2.75, 3.05) is 24.3 Å². The maximum atomic E-state index is 11.0. The summed E-state index contributed by atoms with van der Waals surface area (Å²) in [6.07, 6.45) is 4.92. The van der Waals surface area contributed by atoms with Crippen LogP contribution < -0.4 is 5.73 Å². The molecule has 16 heavy (non-hydrogen) atoms. The monoisotopic (exact) mass is 263 g/mol. The topological polar surface area (TPSA) is 78.0 Å². The number of nitrogens with two attached hydrogens (primary N) is 1. The second-order valence-electron chi connectivity index (χ2n) is 3.67. The lowest BCUT2D eigenvalue weighted by molar-refractivity contribution is 0.603. The number of aromatic nitrogens is 2. The third-order valence-corrected chi connectivity index (χ3v) is 4.59. The maximum absolute atomic E-state index is 11.0. The van der Waals surface area contributed by atoms with Crippen LogP contribution in [-0.4, -0.2) is 42.5 Å². The van der Waals surface area contributed by atoms with Crippen LogP contribution in [0.15, 0.2) is 12.4 Å². The molecular formula is C9H17N3O2S2. The molecule has 92 valence electrons. The van der Waals surface area contributed by atoms with E-state index in [1.807, 2.05) is 13.2 Å². The smallest absolute Gasteiger partial charge is 0.148 e. The predicted molar refractivity (Wildman–Crippen MR) is 67.2 cm³/mol. The molecule has 0 aromatic carbocycles. The van der Waals surface area contributed by atoms with Crippen molar-refractivity contribution in [1.29, 1.82) is 0 Å². The van der Waals surface area contributed by atoms with Crippen molar-refractivity contribution in [3.63, 3.8) is 0 Å². The molecule has 0 bridgehead atoms. The van der Waals surface area contributed by atoms with E-state index in [1.54, 1.807) is 22.6 Å². The minimum atomic E-state index is -2.89. The average molecular weight is 263 g/mol. The van der Waals surface area contributed by atoms with E-state index >= 15 is 0 Å². The minimum absolute atomic E-state index is 0.121. The van der Waals surface area contributed by atoms with Gasteiger partial charge in [0.15, 0.2) is 0 Å². The molecule has 0 aliphatic rings. The fraction of sp³-hybridized carbons (Fsp3) is 0.667. The van der Waals surface area contributed by atoms with Gasteiger partial charge in [-0.1, -0.05) is 0 Å². The lowest BCUT2D eigenvalue weighted by Gasteiger charge is -2.11. The molecule has 0 amide bonds. The van der Waals surface area contributed by atoms with Crippen molar-refractivity contribution in [3.8, 4) is 0 Å². The Morgan fingerprint density at radius 1 is 1.62 bits per heavy atom. The van der Waals surface area contributed by atoms with Crippen molar-refractivity contribution in [2.24, 2.45) is 12.8 Å². The molecule has 1 rings (SSSR count). The van der Waals surface area contributed by atoms with Crippen molar-refractivity contribution < 1.29 is 8.42 Å². The van der Waals surface area contributed by atoms with Crippen LogP contribution in [0, 0.1) is 0 Å². The maximum Gasteiger partial charge on any atom is 0.148 e. The Kier molecular flexibility index (Phi) is 4.82. The molecule has 1 atom stereocenters. The van der Waals surface area contributed by atoms with Gasteiger partial charge in [-0.05, 0) is 0 Å². The Morgan fingerprint density at radius 3 is 2.75 bits per heavy atom. The first-order valence-corrected chi connectivity index (χ1v) is 8.01.